The minimum atomic E-state index is -4.38. The molecular formula is C10H15NO6S. The van der Waals surface area contributed by atoms with Crippen molar-refractivity contribution in [3.05, 3.63) is 18.2 Å². The first-order chi connectivity index (χ1) is 8.38. The molecule has 8 heteroatoms. The predicted molar refractivity (Wildman–Crippen MR) is 64.4 cm³/mol. The quantitative estimate of drug-likeness (QED) is 0.528. The van der Waals surface area contributed by atoms with E-state index in [-0.39, 0.29) is 17.1 Å². The highest BCUT2D eigenvalue weighted by Crippen LogP contribution is 2.26. The van der Waals surface area contributed by atoms with Gasteiger partial charge in [-0.3, -0.25) is 4.55 Å². The Kier molecular flexibility index (Phi) is 4.91. The summed E-state index contributed by atoms with van der Waals surface area (Å²) in [6.07, 6.45) is -1.04. The van der Waals surface area contributed by atoms with Crippen LogP contribution in [0.15, 0.2) is 23.1 Å². The average molecular weight is 277 g/mol. The molecule has 1 unspecified atom stereocenters. The second kappa shape index (κ2) is 6.01. The van der Waals surface area contributed by atoms with Gasteiger partial charge < -0.3 is 20.3 Å². The molecule has 1 rings (SSSR count). The van der Waals surface area contributed by atoms with Crippen LogP contribution in [-0.2, 0) is 10.1 Å². The molecule has 1 aromatic carbocycles. The highest BCUT2D eigenvalue weighted by atomic mass is 32.2. The SMILES string of the molecule is COc1ccc(S(=O)(=O)O)c(NCC(O)CO)c1. The number of hydrogen-bond acceptors (Lipinski definition) is 6. The van der Waals surface area contributed by atoms with Gasteiger partial charge in [0.1, 0.15) is 10.6 Å². The molecular weight excluding hydrogens is 262 g/mol. The van der Waals surface area contributed by atoms with E-state index in [0.717, 1.165) is 0 Å². The van der Waals surface area contributed by atoms with Gasteiger partial charge in [-0.2, -0.15) is 8.42 Å². The molecule has 4 N–H and O–H groups in total. The molecule has 0 aromatic heterocycles. The van der Waals surface area contributed by atoms with Crippen LogP contribution in [0.25, 0.3) is 0 Å². The standard InChI is InChI=1S/C10H15NO6S/c1-17-8-2-3-10(18(14,15)16)9(4-8)11-5-7(13)6-12/h2-4,7,11-13H,5-6H2,1H3,(H,14,15,16). The molecule has 7 nitrogen and oxygen atoms in total. The topological polar surface area (TPSA) is 116 Å². The molecule has 0 fully saturated rings. The molecule has 0 saturated carbocycles. The van der Waals surface area contributed by atoms with Gasteiger partial charge in [0.2, 0.25) is 0 Å². The van der Waals surface area contributed by atoms with Crippen LogP contribution in [0.3, 0.4) is 0 Å². The normalized spacial score (nSPS) is 13.1. The van der Waals surface area contributed by atoms with Gasteiger partial charge in [-0.05, 0) is 12.1 Å². The fourth-order valence-electron chi connectivity index (χ4n) is 1.29. The van der Waals surface area contributed by atoms with E-state index >= 15 is 0 Å². The van der Waals surface area contributed by atoms with Crippen LogP contribution in [0.5, 0.6) is 5.75 Å². The van der Waals surface area contributed by atoms with E-state index in [1.165, 1.54) is 25.3 Å². The van der Waals surface area contributed by atoms with Crippen molar-refractivity contribution in [2.75, 3.05) is 25.6 Å². The zero-order valence-electron chi connectivity index (χ0n) is 9.70. The maximum Gasteiger partial charge on any atom is 0.296 e. The third-order valence-corrected chi connectivity index (χ3v) is 3.12. The van der Waals surface area contributed by atoms with E-state index in [1.807, 2.05) is 0 Å². The number of aliphatic hydroxyl groups excluding tert-OH is 2. The van der Waals surface area contributed by atoms with Crippen LogP contribution in [0.2, 0.25) is 0 Å². The molecule has 0 aliphatic rings. The van der Waals surface area contributed by atoms with E-state index in [0.29, 0.717) is 5.75 Å². The van der Waals surface area contributed by atoms with Crippen LogP contribution in [0.1, 0.15) is 0 Å². The molecule has 0 aliphatic heterocycles. The van der Waals surface area contributed by atoms with Gasteiger partial charge in [0.15, 0.2) is 0 Å². The van der Waals surface area contributed by atoms with Crippen molar-refractivity contribution in [3.63, 3.8) is 0 Å². The lowest BCUT2D eigenvalue weighted by atomic mass is 10.3. The van der Waals surface area contributed by atoms with Crippen LogP contribution in [-0.4, -0.2) is 49.5 Å². The van der Waals surface area contributed by atoms with E-state index in [9.17, 15) is 13.5 Å². The lowest BCUT2D eigenvalue weighted by molar-refractivity contribution is 0.105. The largest absolute Gasteiger partial charge is 0.497 e. The molecule has 0 amide bonds. The highest BCUT2D eigenvalue weighted by molar-refractivity contribution is 7.86. The number of anilines is 1. The summed E-state index contributed by atoms with van der Waals surface area (Å²) in [7, 11) is -2.96. The van der Waals surface area contributed by atoms with Crippen molar-refractivity contribution >= 4 is 15.8 Å². The Labute approximate surface area is 105 Å². The van der Waals surface area contributed by atoms with Gasteiger partial charge in [0.05, 0.1) is 25.5 Å². The Morgan fingerprint density at radius 3 is 2.61 bits per heavy atom. The van der Waals surface area contributed by atoms with E-state index in [1.54, 1.807) is 0 Å². The number of ether oxygens (including phenoxy) is 1. The summed E-state index contributed by atoms with van der Waals surface area (Å²) in [5, 5.41) is 20.5. The molecule has 0 saturated heterocycles. The average Bonchev–Trinajstić information content (AvgIpc) is 2.34. The zero-order chi connectivity index (χ0) is 13.8. The van der Waals surface area contributed by atoms with Crippen molar-refractivity contribution in [1.82, 2.24) is 0 Å². The maximum absolute atomic E-state index is 11.1. The monoisotopic (exact) mass is 277 g/mol. The lowest BCUT2D eigenvalue weighted by Crippen LogP contribution is -2.23. The summed E-state index contributed by atoms with van der Waals surface area (Å²) in [4.78, 5) is -0.326. The van der Waals surface area contributed by atoms with Gasteiger partial charge in [-0.1, -0.05) is 0 Å². The van der Waals surface area contributed by atoms with Gasteiger partial charge in [0, 0.05) is 12.6 Å². The first-order valence-corrected chi connectivity index (χ1v) is 6.50. The fourth-order valence-corrected chi connectivity index (χ4v) is 1.94. The smallest absolute Gasteiger partial charge is 0.296 e. The van der Waals surface area contributed by atoms with Gasteiger partial charge in [-0.25, -0.2) is 0 Å². The van der Waals surface area contributed by atoms with Gasteiger partial charge in [-0.15, -0.1) is 0 Å². The fraction of sp³-hybridized carbons (Fsp3) is 0.400. The van der Waals surface area contributed by atoms with Crippen molar-refractivity contribution in [3.8, 4) is 5.75 Å². The summed E-state index contributed by atoms with van der Waals surface area (Å²) < 4.78 is 36.2. The summed E-state index contributed by atoms with van der Waals surface area (Å²) in [5.74, 6) is 0.392. The Hall–Kier alpha value is -1.35. The number of benzene rings is 1. The first-order valence-electron chi connectivity index (χ1n) is 5.06. The minimum absolute atomic E-state index is 0.0633. The van der Waals surface area contributed by atoms with Crippen LogP contribution in [0.4, 0.5) is 5.69 Å². The Morgan fingerprint density at radius 2 is 2.11 bits per heavy atom. The molecule has 0 aliphatic carbocycles. The number of rotatable bonds is 6. The van der Waals surface area contributed by atoms with Crippen molar-refractivity contribution in [2.45, 2.75) is 11.0 Å². The van der Waals surface area contributed by atoms with Crippen molar-refractivity contribution < 1.29 is 27.9 Å². The second-order valence-electron chi connectivity index (χ2n) is 3.55. The number of aliphatic hydroxyl groups is 2. The molecule has 18 heavy (non-hydrogen) atoms. The maximum atomic E-state index is 11.1. The Morgan fingerprint density at radius 1 is 1.44 bits per heavy atom. The molecule has 0 bridgehead atoms. The van der Waals surface area contributed by atoms with E-state index in [2.05, 4.69) is 5.32 Å². The number of hydrogen-bond donors (Lipinski definition) is 4. The zero-order valence-corrected chi connectivity index (χ0v) is 10.5. The molecule has 1 aromatic rings. The minimum Gasteiger partial charge on any atom is -0.497 e. The summed E-state index contributed by atoms with van der Waals surface area (Å²) in [5.41, 5.74) is 0.0874. The highest BCUT2D eigenvalue weighted by Gasteiger charge is 2.16. The van der Waals surface area contributed by atoms with Crippen LogP contribution >= 0.6 is 0 Å². The van der Waals surface area contributed by atoms with Crippen LogP contribution < -0.4 is 10.1 Å². The third-order valence-electron chi connectivity index (χ3n) is 2.20. The second-order valence-corrected chi connectivity index (χ2v) is 4.94. The lowest BCUT2D eigenvalue weighted by Gasteiger charge is -2.13. The number of methoxy groups -OCH3 is 1. The summed E-state index contributed by atoms with van der Waals surface area (Å²) in [6.45, 7) is -0.523. The molecule has 102 valence electrons. The predicted octanol–water partition coefficient (Wildman–Crippen LogP) is -0.293. The first kappa shape index (κ1) is 14.7. The Balaban J connectivity index is 3.05. The third kappa shape index (κ3) is 3.84. The van der Waals surface area contributed by atoms with Crippen molar-refractivity contribution in [1.29, 1.82) is 0 Å². The van der Waals surface area contributed by atoms with E-state index < -0.39 is 22.8 Å². The van der Waals surface area contributed by atoms with E-state index in [4.69, 9.17) is 14.4 Å². The number of nitrogens with one attached hydrogen (secondary N) is 1. The van der Waals surface area contributed by atoms with Gasteiger partial charge >= 0.3 is 0 Å². The molecule has 0 radical (unpaired) electrons. The molecule has 0 spiro atoms. The summed E-state index contributed by atoms with van der Waals surface area (Å²) >= 11 is 0. The summed E-state index contributed by atoms with van der Waals surface area (Å²) in [6, 6.07) is 3.94. The Bertz CT molecular complexity index is 501. The van der Waals surface area contributed by atoms with Crippen LogP contribution in [0, 0.1) is 0 Å². The van der Waals surface area contributed by atoms with Crippen molar-refractivity contribution in [2.24, 2.45) is 0 Å². The van der Waals surface area contributed by atoms with Gasteiger partial charge in [0.25, 0.3) is 10.1 Å². The molecule has 1 atom stereocenters. The molecule has 0 heterocycles.